The summed E-state index contributed by atoms with van der Waals surface area (Å²) < 4.78 is 31.8. The van der Waals surface area contributed by atoms with Crippen molar-refractivity contribution in [1.29, 1.82) is 5.26 Å². The largest absolute Gasteiger partial charge is 0.465 e. The van der Waals surface area contributed by atoms with Gasteiger partial charge >= 0.3 is 5.97 Å². The number of methoxy groups -OCH3 is 1. The molecule has 10 heteroatoms. The summed E-state index contributed by atoms with van der Waals surface area (Å²) in [6.07, 6.45) is 1.41. The lowest BCUT2D eigenvalue weighted by atomic mass is 10.1. The predicted molar refractivity (Wildman–Crippen MR) is 119 cm³/mol. The number of benzene rings is 1. The summed E-state index contributed by atoms with van der Waals surface area (Å²) in [6, 6.07) is 7.63. The van der Waals surface area contributed by atoms with Gasteiger partial charge in [0.15, 0.2) is 0 Å². The number of hydrogen-bond acceptors (Lipinski definition) is 7. The van der Waals surface area contributed by atoms with Crippen molar-refractivity contribution >= 4 is 38.2 Å². The molecule has 166 valence electrons. The summed E-state index contributed by atoms with van der Waals surface area (Å²) in [7, 11) is -2.40. The number of carbonyl (C=O) groups is 2. The molecule has 1 aromatic carbocycles. The topological polar surface area (TPSA) is 117 Å². The molecular weight excluding hydrogens is 438 g/mol. The van der Waals surface area contributed by atoms with Gasteiger partial charge in [0.1, 0.15) is 15.9 Å². The molecule has 2 rings (SSSR count). The van der Waals surface area contributed by atoms with Gasteiger partial charge in [-0.25, -0.2) is 13.2 Å². The minimum absolute atomic E-state index is 0.114. The highest BCUT2D eigenvalue weighted by molar-refractivity contribution is 7.89. The van der Waals surface area contributed by atoms with Gasteiger partial charge in [-0.3, -0.25) is 4.79 Å². The van der Waals surface area contributed by atoms with Crippen molar-refractivity contribution in [2.45, 2.75) is 38.5 Å². The molecule has 0 bridgehead atoms. The van der Waals surface area contributed by atoms with Gasteiger partial charge in [0, 0.05) is 18.7 Å². The molecule has 0 fully saturated rings. The van der Waals surface area contributed by atoms with Crippen molar-refractivity contribution in [2.24, 2.45) is 0 Å². The Morgan fingerprint density at radius 3 is 2.23 bits per heavy atom. The fourth-order valence-electron chi connectivity index (χ4n) is 2.98. The molecular formula is C21H25N3O5S2. The molecule has 0 saturated heterocycles. The summed E-state index contributed by atoms with van der Waals surface area (Å²) >= 11 is 0.957. The van der Waals surface area contributed by atoms with Gasteiger partial charge in [0.25, 0.3) is 5.91 Å². The molecule has 0 aliphatic rings. The lowest BCUT2D eigenvalue weighted by Gasteiger charge is -2.21. The lowest BCUT2D eigenvalue weighted by Crippen LogP contribution is -2.32. The highest BCUT2D eigenvalue weighted by Crippen LogP contribution is 2.33. The fraction of sp³-hybridized carbons (Fsp3) is 0.381. The number of nitrogens with one attached hydrogen (secondary N) is 1. The molecule has 8 nitrogen and oxygen atoms in total. The fourth-order valence-corrected chi connectivity index (χ4v) is 5.67. The van der Waals surface area contributed by atoms with Gasteiger partial charge in [0.05, 0.1) is 17.6 Å². The van der Waals surface area contributed by atoms with Crippen LogP contribution < -0.4 is 5.32 Å². The average Bonchev–Trinajstić information content (AvgIpc) is 3.07. The van der Waals surface area contributed by atoms with Crippen LogP contribution in [-0.4, -0.2) is 44.8 Å². The van der Waals surface area contributed by atoms with E-state index in [-0.39, 0.29) is 25.9 Å². The van der Waals surface area contributed by atoms with Crippen LogP contribution in [0.5, 0.6) is 0 Å². The SMILES string of the molecule is CCCN(CCC)S(=O)(=O)c1ccc(C(=O)Nc2sc(C(=O)OC)c(C)c2C#N)cc1. The highest BCUT2D eigenvalue weighted by Gasteiger charge is 2.24. The van der Waals surface area contributed by atoms with Crippen LogP contribution in [0.4, 0.5) is 5.00 Å². The molecule has 0 radical (unpaired) electrons. The standard InChI is InChI=1S/C21H25N3O5S2/c1-5-11-24(12-6-2)31(27,28)16-9-7-15(8-10-16)19(25)23-20-17(13-22)14(3)18(30-20)21(26)29-4/h7-10H,5-6,11-12H2,1-4H3,(H,23,25). The quantitative estimate of drug-likeness (QED) is 0.566. The third-order valence-corrected chi connectivity index (χ3v) is 7.66. The van der Waals surface area contributed by atoms with E-state index in [0.29, 0.717) is 31.5 Å². The number of carbonyl (C=O) groups excluding carboxylic acids is 2. The number of nitrogens with zero attached hydrogens (tertiary/aromatic N) is 2. The number of hydrogen-bond donors (Lipinski definition) is 1. The normalized spacial score (nSPS) is 11.2. The number of thiophene rings is 1. The Bertz CT molecular complexity index is 1090. The molecule has 0 aliphatic heterocycles. The zero-order valence-electron chi connectivity index (χ0n) is 17.9. The number of amides is 1. The van der Waals surface area contributed by atoms with E-state index in [9.17, 15) is 23.3 Å². The van der Waals surface area contributed by atoms with Crippen molar-refractivity contribution in [2.75, 3.05) is 25.5 Å². The van der Waals surface area contributed by atoms with Gasteiger partial charge < -0.3 is 10.1 Å². The van der Waals surface area contributed by atoms with Crippen LogP contribution in [0, 0.1) is 18.3 Å². The first-order chi connectivity index (χ1) is 14.7. The molecule has 0 atom stereocenters. The predicted octanol–water partition coefficient (Wildman–Crippen LogP) is 3.78. The monoisotopic (exact) mass is 463 g/mol. The van der Waals surface area contributed by atoms with Crippen LogP contribution in [-0.2, 0) is 14.8 Å². The molecule has 0 saturated carbocycles. The Kier molecular flexibility index (Phi) is 8.33. The third kappa shape index (κ3) is 5.31. The summed E-state index contributed by atoms with van der Waals surface area (Å²) in [5.74, 6) is -1.10. The summed E-state index contributed by atoms with van der Waals surface area (Å²) in [5, 5.41) is 12.3. The Hall–Kier alpha value is -2.74. The van der Waals surface area contributed by atoms with E-state index in [1.807, 2.05) is 19.9 Å². The Morgan fingerprint density at radius 2 is 1.74 bits per heavy atom. The number of nitriles is 1. The molecule has 1 heterocycles. The van der Waals surface area contributed by atoms with E-state index in [0.717, 1.165) is 11.3 Å². The highest BCUT2D eigenvalue weighted by atomic mass is 32.2. The lowest BCUT2D eigenvalue weighted by molar-refractivity contribution is 0.0605. The maximum Gasteiger partial charge on any atom is 0.348 e. The van der Waals surface area contributed by atoms with Gasteiger partial charge in [-0.15, -0.1) is 11.3 Å². The molecule has 0 aliphatic carbocycles. The number of anilines is 1. The van der Waals surface area contributed by atoms with Crippen molar-refractivity contribution in [1.82, 2.24) is 4.31 Å². The summed E-state index contributed by atoms with van der Waals surface area (Å²) in [5.41, 5.74) is 0.849. The van der Waals surface area contributed by atoms with Gasteiger partial charge in [-0.05, 0) is 49.6 Å². The maximum atomic E-state index is 12.8. The minimum atomic E-state index is -3.64. The number of ether oxygens (including phenoxy) is 1. The van der Waals surface area contributed by atoms with E-state index in [4.69, 9.17) is 4.74 Å². The Morgan fingerprint density at radius 1 is 1.16 bits per heavy atom. The first kappa shape index (κ1) is 24.5. The van der Waals surface area contributed by atoms with Crippen LogP contribution in [0.1, 0.15) is 57.8 Å². The Balaban J connectivity index is 2.27. The first-order valence-corrected chi connectivity index (χ1v) is 12.0. The molecule has 1 aromatic heterocycles. The van der Waals surface area contributed by atoms with Crippen LogP contribution in [0.15, 0.2) is 29.2 Å². The van der Waals surface area contributed by atoms with E-state index >= 15 is 0 Å². The van der Waals surface area contributed by atoms with Gasteiger partial charge in [-0.2, -0.15) is 9.57 Å². The van der Waals surface area contributed by atoms with Crippen molar-refractivity contribution in [3.05, 3.63) is 45.8 Å². The van der Waals surface area contributed by atoms with E-state index in [2.05, 4.69) is 5.32 Å². The molecule has 0 spiro atoms. The zero-order chi connectivity index (χ0) is 23.2. The number of sulfonamides is 1. The van der Waals surface area contributed by atoms with Gasteiger partial charge in [-0.1, -0.05) is 13.8 Å². The maximum absolute atomic E-state index is 12.8. The molecule has 1 N–H and O–H groups in total. The van der Waals surface area contributed by atoms with Crippen LogP contribution >= 0.6 is 11.3 Å². The average molecular weight is 464 g/mol. The Labute approximate surface area is 186 Å². The van der Waals surface area contributed by atoms with E-state index in [1.165, 1.54) is 35.7 Å². The zero-order valence-corrected chi connectivity index (χ0v) is 19.5. The number of rotatable bonds is 9. The van der Waals surface area contributed by atoms with E-state index in [1.54, 1.807) is 6.92 Å². The second kappa shape index (κ2) is 10.5. The second-order valence-corrected chi connectivity index (χ2v) is 9.70. The summed E-state index contributed by atoms with van der Waals surface area (Å²) in [6.45, 7) is 6.29. The van der Waals surface area contributed by atoms with Crippen LogP contribution in [0.25, 0.3) is 0 Å². The van der Waals surface area contributed by atoms with Crippen LogP contribution in [0.3, 0.4) is 0 Å². The number of esters is 1. The van der Waals surface area contributed by atoms with Crippen molar-refractivity contribution in [3.8, 4) is 6.07 Å². The van der Waals surface area contributed by atoms with E-state index < -0.39 is 21.9 Å². The smallest absolute Gasteiger partial charge is 0.348 e. The van der Waals surface area contributed by atoms with Crippen molar-refractivity contribution in [3.63, 3.8) is 0 Å². The van der Waals surface area contributed by atoms with Crippen LogP contribution in [0.2, 0.25) is 0 Å². The first-order valence-electron chi connectivity index (χ1n) is 9.74. The molecule has 1 amide bonds. The second-order valence-electron chi connectivity index (χ2n) is 6.75. The molecule has 0 unspecified atom stereocenters. The molecule has 31 heavy (non-hydrogen) atoms. The van der Waals surface area contributed by atoms with Crippen molar-refractivity contribution < 1.29 is 22.7 Å². The minimum Gasteiger partial charge on any atom is -0.465 e. The van der Waals surface area contributed by atoms with Gasteiger partial charge in [0.2, 0.25) is 10.0 Å². The third-order valence-electron chi connectivity index (χ3n) is 4.56. The summed E-state index contributed by atoms with van der Waals surface area (Å²) in [4.78, 5) is 24.9. The molecule has 2 aromatic rings.